The minimum atomic E-state index is -4.62. The molecule has 2 aromatic carbocycles. The first kappa shape index (κ1) is 17.0. The third-order valence-corrected chi connectivity index (χ3v) is 3.87. The highest BCUT2D eigenvalue weighted by molar-refractivity contribution is 5.83. The molecule has 27 heavy (non-hydrogen) atoms. The van der Waals surface area contributed by atoms with Crippen molar-refractivity contribution in [3.05, 3.63) is 78.8 Å². The van der Waals surface area contributed by atoms with Crippen molar-refractivity contribution >= 4 is 10.8 Å². The molecule has 0 saturated heterocycles. The maximum Gasteiger partial charge on any atom is 0.433 e. The topological polar surface area (TPSA) is 47.9 Å². The van der Waals surface area contributed by atoms with Gasteiger partial charge in [0.05, 0.1) is 0 Å². The number of alkyl halides is 3. The zero-order chi connectivity index (χ0) is 18.9. The molecule has 0 atom stereocenters. The Labute approximate surface area is 152 Å². The van der Waals surface area contributed by atoms with Crippen molar-refractivity contribution in [3.63, 3.8) is 0 Å². The maximum atomic E-state index is 13.3. The summed E-state index contributed by atoms with van der Waals surface area (Å²) in [6, 6.07) is 16.7. The largest absolute Gasteiger partial charge is 0.439 e. The van der Waals surface area contributed by atoms with E-state index in [4.69, 9.17) is 4.74 Å². The van der Waals surface area contributed by atoms with Crippen LogP contribution in [0.2, 0.25) is 0 Å². The summed E-state index contributed by atoms with van der Waals surface area (Å²) in [5, 5.41) is 1.91. The number of pyridine rings is 1. The number of ether oxygens (including phenoxy) is 1. The van der Waals surface area contributed by atoms with Gasteiger partial charge in [-0.25, -0.2) is 4.98 Å². The average Bonchev–Trinajstić information content (AvgIpc) is 2.68. The monoisotopic (exact) mass is 367 g/mol. The van der Waals surface area contributed by atoms with Crippen LogP contribution in [0.4, 0.5) is 13.2 Å². The Balaban J connectivity index is 1.76. The van der Waals surface area contributed by atoms with Crippen LogP contribution in [0.5, 0.6) is 11.6 Å². The summed E-state index contributed by atoms with van der Waals surface area (Å²) < 4.78 is 45.4. The molecule has 0 spiro atoms. The van der Waals surface area contributed by atoms with Gasteiger partial charge in [0.25, 0.3) is 0 Å². The summed E-state index contributed by atoms with van der Waals surface area (Å²) in [7, 11) is 0. The molecule has 2 aromatic heterocycles. The molecule has 0 N–H and O–H groups in total. The number of benzene rings is 2. The van der Waals surface area contributed by atoms with Gasteiger partial charge >= 0.3 is 6.18 Å². The van der Waals surface area contributed by atoms with E-state index in [0.29, 0.717) is 11.3 Å². The predicted molar refractivity (Wildman–Crippen MR) is 94.3 cm³/mol. The summed E-state index contributed by atoms with van der Waals surface area (Å²) in [6.07, 6.45) is -1.70. The number of aromatic nitrogens is 3. The molecule has 0 aliphatic carbocycles. The number of fused-ring (bicyclic) bond motifs is 1. The van der Waals surface area contributed by atoms with E-state index in [9.17, 15) is 13.2 Å². The standard InChI is InChI=1S/C20H12F3N3O/c21-20(22,23)17-12-18(26-19(25-17)14-7-9-24-10-8-14)27-16-6-5-13-3-1-2-4-15(13)11-16/h1-12H. The van der Waals surface area contributed by atoms with Crippen molar-refractivity contribution in [2.45, 2.75) is 6.18 Å². The second kappa shape index (κ2) is 6.68. The van der Waals surface area contributed by atoms with Crippen LogP contribution < -0.4 is 4.74 Å². The number of hydrogen-bond donors (Lipinski definition) is 0. The molecule has 0 aliphatic rings. The van der Waals surface area contributed by atoms with E-state index in [1.54, 1.807) is 12.1 Å². The number of rotatable bonds is 3. The Morgan fingerprint density at radius 1 is 0.778 bits per heavy atom. The van der Waals surface area contributed by atoms with E-state index < -0.39 is 11.9 Å². The highest BCUT2D eigenvalue weighted by Gasteiger charge is 2.34. The highest BCUT2D eigenvalue weighted by atomic mass is 19.4. The minimum absolute atomic E-state index is 0.0805. The Kier molecular flexibility index (Phi) is 4.19. The van der Waals surface area contributed by atoms with Gasteiger partial charge in [-0.15, -0.1) is 0 Å². The molecule has 0 amide bonds. The van der Waals surface area contributed by atoms with Gasteiger partial charge in [-0.1, -0.05) is 30.3 Å². The molecule has 4 rings (SSSR count). The van der Waals surface area contributed by atoms with Crippen molar-refractivity contribution in [3.8, 4) is 23.0 Å². The Morgan fingerprint density at radius 3 is 2.26 bits per heavy atom. The normalized spacial score (nSPS) is 11.5. The van der Waals surface area contributed by atoms with Crippen molar-refractivity contribution in [1.29, 1.82) is 0 Å². The molecule has 0 fully saturated rings. The molecule has 0 aliphatic heterocycles. The summed E-state index contributed by atoms with van der Waals surface area (Å²) in [4.78, 5) is 11.6. The van der Waals surface area contributed by atoms with Gasteiger partial charge in [0.2, 0.25) is 5.88 Å². The molecule has 0 unspecified atom stereocenters. The minimum Gasteiger partial charge on any atom is -0.439 e. The summed E-state index contributed by atoms with van der Waals surface area (Å²) in [5.74, 6) is 0.128. The lowest BCUT2D eigenvalue weighted by Gasteiger charge is -2.11. The van der Waals surface area contributed by atoms with Crippen LogP contribution in [-0.2, 0) is 6.18 Å². The van der Waals surface area contributed by atoms with Crippen LogP contribution in [-0.4, -0.2) is 15.0 Å². The fourth-order valence-electron chi connectivity index (χ4n) is 2.60. The van der Waals surface area contributed by atoms with Gasteiger partial charge in [-0.3, -0.25) is 4.98 Å². The van der Waals surface area contributed by atoms with Gasteiger partial charge in [0.15, 0.2) is 11.5 Å². The third kappa shape index (κ3) is 3.72. The molecule has 7 heteroatoms. The Bertz CT molecular complexity index is 1100. The van der Waals surface area contributed by atoms with Crippen molar-refractivity contribution in [2.24, 2.45) is 0 Å². The fourth-order valence-corrected chi connectivity index (χ4v) is 2.60. The quantitative estimate of drug-likeness (QED) is 0.479. The van der Waals surface area contributed by atoms with E-state index in [2.05, 4.69) is 15.0 Å². The van der Waals surface area contributed by atoms with E-state index in [1.807, 2.05) is 30.3 Å². The van der Waals surface area contributed by atoms with E-state index in [0.717, 1.165) is 16.8 Å². The number of halogens is 3. The first-order valence-electron chi connectivity index (χ1n) is 8.02. The average molecular weight is 367 g/mol. The predicted octanol–water partition coefficient (Wildman–Crippen LogP) is 5.50. The first-order valence-corrected chi connectivity index (χ1v) is 8.02. The summed E-state index contributed by atoms with van der Waals surface area (Å²) in [5.41, 5.74) is -0.653. The second-order valence-electron chi connectivity index (χ2n) is 5.76. The van der Waals surface area contributed by atoms with E-state index >= 15 is 0 Å². The van der Waals surface area contributed by atoms with Crippen LogP contribution in [0.3, 0.4) is 0 Å². The van der Waals surface area contributed by atoms with Gasteiger partial charge in [0.1, 0.15) is 5.75 Å². The van der Waals surface area contributed by atoms with Gasteiger partial charge in [-0.05, 0) is 35.0 Å². The van der Waals surface area contributed by atoms with Gasteiger partial charge < -0.3 is 4.74 Å². The second-order valence-corrected chi connectivity index (χ2v) is 5.76. The first-order chi connectivity index (χ1) is 13.0. The van der Waals surface area contributed by atoms with Crippen molar-refractivity contribution in [2.75, 3.05) is 0 Å². The zero-order valence-corrected chi connectivity index (χ0v) is 13.8. The molecule has 134 valence electrons. The molecule has 0 radical (unpaired) electrons. The van der Waals surface area contributed by atoms with Gasteiger partial charge in [0, 0.05) is 24.0 Å². The van der Waals surface area contributed by atoms with E-state index in [-0.39, 0.29) is 11.7 Å². The maximum absolute atomic E-state index is 13.3. The smallest absolute Gasteiger partial charge is 0.433 e. The number of hydrogen-bond acceptors (Lipinski definition) is 4. The fraction of sp³-hybridized carbons (Fsp3) is 0.0500. The Morgan fingerprint density at radius 2 is 1.52 bits per heavy atom. The molecular weight excluding hydrogens is 355 g/mol. The van der Waals surface area contributed by atoms with Crippen LogP contribution in [0.25, 0.3) is 22.2 Å². The third-order valence-electron chi connectivity index (χ3n) is 3.87. The van der Waals surface area contributed by atoms with Crippen LogP contribution >= 0.6 is 0 Å². The molecule has 0 saturated carbocycles. The highest BCUT2D eigenvalue weighted by Crippen LogP contribution is 2.33. The molecular formula is C20H12F3N3O. The van der Waals surface area contributed by atoms with Crippen LogP contribution in [0.1, 0.15) is 5.69 Å². The van der Waals surface area contributed by atoms with Crippen molar-refractivity contribution < 1.29 is 17.9 Å². The zero-order valence-electron chi connectivity index (χ0n) is 13.8. The van der Waals surface area contributed by atoms with Crippen LogP contribution in [0, 0.1) is 0 Å². The molecule has 4 aromatic rings. The summed E-state index contributed by atoms with van der Waals surface area (Å²) >= 11 is 0. The van der Waals surface area contributed by atoms with E-state index in [1.165, 1.54) is 24.5 Å². The summed E-state index contributed by atoms with van der Waals surface area (Å²) in [6.45, 7) is 0. The lowest BCUT2D eigenvalue weighted by atomic mass is 10.1. The lowest BCUT2D eigenvalue weighted by molar-refractivity contribution is -0.141. The van der Waals surface area contributed by atoms with Crippen LogP contribution in [0.15, 0.2) is 73.1 Å². The van der Waals surface area contributed by atoms with Gasteiger partial charge in [-0.2, -0.15) is 18.2 Å². The molecule has 4 nitrogen and oxygen atoms in total. The Hall–Kier alpha value is -3.48. The molecule has 0 bridgehead atoms. The SMILES string of the molecule is FC(F)(F)c1cc(Oc2ccc3ccccc3c2)nc(-c2ccncc2)n1. The number of nitrogens with zero attached hydrogens (tertiary/aromatic N) is 3. The molecule has 2 heterocycles. The van der Waals surface area contributed by atoms with Crippen molar-refractivity contribution in [1.82, 2.24) is 15.0 Å². The lowest BCUT2D eigenvalue weighted by Crippen LogP contribution is -2.10.